The molecule has 3 aromatic carbocycles. The monoisotopic (exact) mass is 555 g/mol. The Labute approximate surface area is 224 Å². The number of rotatable bonds is 4. The molecule has 5 nitrogen and oxygen atoms in total. The van der Waals surface area contributed by atoms with Crippen molar-refractivity contribution in [2.45, 2.75) is 0 Å². The molecule has 10 heteroatoms. The molecule has 5 rings (SSSR count). The molecule has 0 aliphatic carbocycles. The van der Waals surface area contributed by atoms with Crippen molar-refractivity contribution in [1.82, 2.24) is 9.55 Å². The standard InChI is InChI=1S/C27H14Cl3F2N3O2/c28-15-6-4-13(5-7-15)16-10-34-26-21(22(16)24-19(31)8-9-20(33)25(24)32)14(12-36)11-35(26)27(37)23-17(29)2-1-3-18(23)30/h1-12H,33H2. The molecule has 0 saturated heterocycles. The molecule has 2 aromatic heterocycles. The van der Waals surface area contributed by atoms with Crippen molar-refractivity contribution in [1.29, 1.82) is 0 Å². The Bertz CT molecular complexity index is 1710. The first-order valence-electron chi connectivity index (χ1n) is 10.7. The van der Waals surface area contributed by atoms with Crippen molar-refractivity contribution in [3.05, 3.63) is 105 Å². The molecular formula is C27H14Cl3F2N3O2. The van der Waals surface area contributed by atoms with Gasteiger partial charge in [0.05, 0.1) is 26.9 Å². The normalized spacial score (nSPS) is 11.2. The molecule has 0 saturated carbocycles. The van der Waals surface area contributed by atoms with E-state index in [2.05, 4.69) is 4.98 Å². The van der Waals surface area contributed by atoms with Crippen LogP contribution >= 0.6 is 34.8 Å². The van der Waals surface area contributed by atoms with Gasteiger partial charge in [-0.15, -0.1) is 0 Å². The van der Waals surface area contributed by atoms with Gasteiger partial charge in [-0.2, -0.15) is 0 Å². The third-order valence-electron chi connectivity index (χ3n) is 5.89. The summed E-state index contributed by atoms with van der Waals surface area (Å²) in [4.78, 5) is 30.1. The average molecular weight is 557 g/mol. The quantitative estimate of drug-likeness (QED) is 0.182. The molecule has 0 bridgehead atoms. The van der Waals surface area contributed by atoms with Crippen molar-refractivity contribution < 1.29 is 18.4 Å². The number of carbonyl (C=O) groups is 2. The first-order chi connectivity index (χ1) is 17.7. The summed E-state index contributed by atoms with van der Waals surface area (Å²) in [6, 6.07) is 13.2. The number of benzene rings is 3. The Morgan fingerprint density at radius 2 is 1.62 bits per heavy atom. The lowest BCUT2D eigenvalue weighted by atomic mass is 9.91. The molecule has 184 valence electrons. The SMILES string of the molecule is Nc1ccc(F)c(-c2c(-c3ccc(Cl)cc3)cnc3c2c(C=O)cn3C(=O)c2c(Cl)cccc2Cl)c1F. The third kappa shape index (κ3) is 4.15. The maximum Gasteiger partial charge on any atom is 0.266 e. The van der Waals surface area contributed by atoms with E-state index in [1.165, 1.54) is 24.5 Å². The van der Waals surface area contributed by atoms with E-state index in [9.17, 15) is 9.59 Å². The Kier molecular flexibility index (Phi) is 6.45. The Morgan fingerprint density at radius 3 is 2.27 bits per heavy atom. The number of anilines is 1. The highest BCUT2D eigenvalue weighted by Crippen LogP contribution is 2.43. The zero-order chi connectivity index (χ0) is 26.4. The zero-order valence-corrected chi connectivity index (χ0v) is 20.9. The molecule has 2 N–H and O–H groups in total. The van der Waals surface area contributed by atoms with E-state index in [1.807, 2.05) is 0 Å². The Morgan fingerprint density at radius 1 is 0.946 bits per heavy atom. The number of aldehydes is 1. The van der Waals surface area contributed by atoms with Gasteiger partial charge in [-0.05, 0) is 42.0 Å². The van der Waals surface area contributed by atoms with Crippen LogP contribution in [0.3, 0.4) is 0 Å². The molecule has 0 spiro atoms. The minimum absolute atomic E-state index is 0.00599. The molecule has 0 atom stereocenters. The first kappa shape index (κ1) is 24.9. The number of nitrogens with zero attached hydrogens (tertiary/aromatic N) is 2. The molecule has 2 heterocycles. The second-order valence-corrected chi connectivity index (χ2v) is 9.30. The fraction of sp³-hybridized carbons (Fsp3) is 0. The number of hydrogen-bond acceptors (Lipinski definition) is 4. The first-order valence-corrected chi connectivity index (χ1v) is 11.8. The topological polar surface area (TPSA) is 78.0 Å². The second-order valence-electron chi connectivity index (χ2n) is 8.05. The van der Waals surface area contributed by atoms with E-state index in [0.717, 1.165) is 16.7 Å². The molecular weight excluding hydrogens is 543 g/mol. The molecule has 0 radical (unpaired) electrons. The highest BCUT2D eigenvalue weighted by molar-refractivity contribution is 6.40. The van der Waals surface area contributed by atoms with Gasteiger partial charge in [0.15, 0.2) is 12.1 Å². The fourth-order valence-corrected chi connectivity index (χ4v) is 4.88. The minimum Gasteiger partial charge on any atom is -0.396 e. The zero-order valence-electron chi connectivity index (χ0n) is 18.6. The summed E-state index contributed by atoms with van der Waals surface area (Å²) in [6.45, 7) is 0. The number of aromatic nitrogens is 2. The van der Waals surface area contributed by atoms with E-state index in [-0.39, 0.29) is 49.0 Å². The van der Waals surface area contributed by atoms with Gasteiger partial charge in [-0.25, -0.2) is 13.8 Å². The summed E-state index contributed by atoms with van der Waals surface area (Å²) >= 11 is 18.5. The van der Waals surface area contributed by atoms with Crippen molar-refractivity contribution in [3.8, 4) is 22.3 Å². The highest BCUT2D eigenvalue weighted by Gasteiger charge is 2.27. The van der Waals surface area contributed by atoms with Crippen molar-refractivity contribution in [3.63, 3.8) is 0 Å². The number of carbonyl (C=O) groups excluding carboxylic acids is 2. The fourth-order valence-electron chi connectivity index (χ4n) is 4.19. The van der Waals surface area contributed by atoms with Crippen molar-refractivity contribution in [2.75, 3.05) is 5.73 Å². The minimum atomic E-state index is -1.02. The maximum atomic E-state index is 15.4. The summed E-state index contributed by atoms with van der Waals surface area (Å²) in [5.41, 5.74) is 5.72. The van der Waals surface area contributed by atoms with E-state index < -0.39 is 23.1 Å². The Hall–Kier alpha value is -3.78. The summed E-state index contributed by atoms with van der Waals surface area (Å²) in [7, 11) is 0. The molecule has 5 aromatic rings. The van der Waals surface area contributed by atoms with E-state index in [4.69, 9.17) is 40.5 Å². The van der Waals surface area contributed by atoms with Gasteiger partial charge in [-0.3, -0.25) is 14.2 Å². The van der Waals surface area contributed by atoms with Gasteiger partial charge in [0.1, 0.15) is 11.5 Å². The number of nitrogens with two attached hydrogens (primary N) is 1. The van der Waals surface area contributed by atoms with Crippen LogP contribution in [0.25, 0.3) is 33.3 Å². The van der Waals surface area contributed by atoms with Crippen molar-refractivity contribution in [2.24, 2.45) is 0 Å². The largest absolute Gasteiger partial charge is 0.396 e. The lowest BCUT2D eigenvalue weighted by Gasteiger charge is -2.15. The van der Waals surface area contributed by atoms with Gasteiger partial charge >= 0.3 is 0 Å². The molecule has 37 heavy (non-hydrogen) atoms. The van der Waals surface area contributed by atoms with Crippen LogP contribution in [0.1, 0.15) is 20.7 Å². The smallest absolute Gasteiger partial charge is 0.266 e. The molecule has 0 fully saturated rings. The summed E-state index contributed by atoms with van der Waals surface area (Å²) in [5.74, 6) is -2.62. The second kappa shape index (κ2) is 9.59. The van der Waals surface area contributed by atoms with Crippen LogP contribution in [-0.2, 0) is 0 Å². The van der Waals surface area contributed by atoms with Crippen LogP contribution < -0.4 is 5.73 Å². The number of halogens is 5. The number of pyridine rings is 1. The number of nitrogen functional groups attached to an aromatic ring is 1. The summed E-state index contributed by atoms with van der Waals surface area (Å²) in [6.07, 6.45) is 3.05. The van der Waals surface area contributed by atoms with Crippen LogP contribution in [0.15, 0.2) is 67.0 Å². The highest BCUT2D eigenvalue weighted by atomic mass is 35.5. The third-order valence-corrected chi connectivity index (χ3v) is 6.77. The lowest BCUT2D eigenvalue weighted by Crippen LogP contribution is -2.13. The van der Waals surface area contributed by atoms with Crippen LogP contribution in [0.5, 0.6) is 0 Å². The van der Waals surface area contributed by atoms with Crippen LogP contribution in [0.4, 0.5) is 14.5 Å². The number of hydrogen-bond donors (Lipinski definition) is 1. The molecule has 0 unspecified atom stereocenters. The lowest BCUT2D eigenvalue weighted by molar-refractivity contribution is 0.0964. The Balaban J connectivity index is 1.91. The predicted molar refractivity (Wildman–Crippen MR) is 142 cm³/mol. The molecule has 0 aliphatic heterocycles. The van der Waals surface area contributed by atoms with Gasteiger partial charge < -0.3 is 5.73 Å². The van der Waals surface area contributed by atoms with Gasteiger partial charge in [0.2, 0.25) is 0 Å². The van der Waals surface area contributed by atoms with Crippen LogP contribution in [0, 0.1) is 11.6 Å². The molecule has 0 amide bonds. The van der Waals surface area contributed by atoms with Crippen molar-refractivity contribution >= 4 is 63.7 Å². The average Bonchev–Trinajstić information content (AvgIpc) is 3.26. The maximum absolute atomic E-state index is 15.4. The number of fused-ring (bicyclic) bond motifs is 1. The summed E-state index contributed by atoms with van der Waals surface area (Å²) < 4.78 is 31.7. The van der Waals surface area contributed by atoms with Gasteiger partial charge in [0, 0.05) is 39.5 Å². The van der Waals surface area contributed by atoms with E-state index in [0.29, 0.717) is 16.9 Å². The summed E-state index contributed by atoms with van der Waals surface area (Å²) in [5, 5.41) is 0.654. The van der Waals surface area contributed by atoms with Crippen LogP contribution in [-0.4, -0.2) is 21.7 Å². The van der Waals surface area contributed by atoms with E-state index in [1.54, 1.807) is 30.3 Å². The van der Waals surface area contributed by atoms with Crippen LogP contribution in [0.2, 0.25) is 15.1 Å². The van der Waals surface area contributed by atoms with E-state index >= 15 is 8.78 Å². The van der Waals surface area contributed by atoms with Gasteiger partial charge in [-0.1, -0.05) is 53.0 Å². The molecule has 0 aliphatic rings. The predicted octanol–water partition coefficient (Wildman–Crippen LogP) is 7.69. The van der Waals surface area contributed by atoms with Gasteiger partial charge in [0.25, 0.3) is 5.91 Å².